The summed E-state index contributed by atoms with van der Waals surface area (Å²) in [4.78, 5) is 12.3. The quantitative estimate of drug-likeness (QED) is 0.482. The van der Waals surface area contributed by atoms with E-state index in [1.807, 2.05) is 0 Å². The Balaban J connectivity index is 1.85. The van der Waals surface area contributed by atoms with E-state index in [0.29, 0.717) is 6.07 Å². The third kappa shape index (κ3) is 4.65. The average Bonchev–Trinajstić information content (AvgIpc) is 3.14. The molecule has 0 bridgehead atoms. The molecule has 0 aliphatic rings. The van der Waals surface area contributed by atoms with Crippen LogP contribution in [0.5, 0.6) is 11.5 Å². The van der Waals surface area contributed by atoms with Gasteiger partial charge in [-0.25, -0.2) is 8.78 Å². The summed E-state index contributed by atoms with van der Waals surface area (Å²) in [5.74, 6) is -0.911. The summed E-state index contributed by atoms with van der Waals surface area (Å²) >= 11 is 5.87. The molecule has 1 heterocycles. The van der Waals surface area contributed by atoms with Gasteiger partial charge in [-0.3, -0.25) is 9.89 Å². The lowest BCUT2D eigenvalue weighted by Gasteiger charge is -2.14. The fourth-order valence-corrected chi connectivity index (χ4v) is 2.59. The van der Waals surface area contributed by atoms with Crippen LogP contribution in [0, 0.1) is 0 Å². The molecule has 2 N–H and O–H groups in total. The van der Waals surface area contributed by atoms with Crippen molar-refractivity contribution in [2.75, 3.05) is 5.32 Å². The molecule has 3 aromatic rings. The van der Waals surface area contributed by atoms with Crippen molar-refractivity contribution in [1.82, 2.24) is 10.2 Å². The number of halogens is 6. The van der Waals surface area contributed by atoms with Crippen LogP contribution in [0.3, 0.4) is 0 Å². The largest absolute Gasteiger partial charge is 0.454 e. The van der Waals surface area contributed by atoms with E-state index >= 15 is 0 Å². The summed E-state index contributed by atoms with van der Waals surface area (Å²) in [7, 11) is 0. The molecule has 3 rings (SSSR count). The summed E-state index contributed by atoms with van der Waals surface area (Å²) in [5.41, 5.74) is -1.93. The zero-order valence-electron chi connectivity index (χ0n) is 14.2. The van der Waals surface area contributed by atoms with Crippen molar-refractivity contribution in [2.24, 2.45) is 0 Å². The Labute approximate surface area is 165 Å². The van der Waals surface area contributed by atoms with E-state index in [1.54, 1.807) is 12.1 Å². The monoisotopic (exact) mass is 431 g/mol. The number of carbonyl (C=O) groups excluding carboxylic acids is 1. The molecule has 0 atom stereocenters. The lowest BCUT2D eigenvalue weighted by atomic mass is 10.2. The summed E-state index contributed by atoms with van der Waals surface area (Å²) in [6.07, 6.45) is -6.51. The zero-order chi connectivity index (χ0) is 21.2. The lowest BCUT2D eigenvalue weighted by molar-refractivity contribution is -0.137. The number of nitrogens with zero attached hydrogens (tertiary/aromatic N) is 1. The number of nitrogens with one attached hydrogen (secondary N) is 2. The van der Waals surface area contributed by atoms with Gasteiger partial charge in [-0.05, 0) is 30.3 Å². The first kappa shape index (κ1) is 20.6. The molecule has 0 saturated heterocycles. The van der Waals surface area contributed by atoms with E-state index in [4.69, 9.17) is 16.3 Å². The molecule has 0 unspecified atom stereocenters. The van der Waals surface area contributed by atoms with E-state index in [2.05, 4.69) is 15.5 Å². The Hall–Kier alpha value is -3.14. The van der Waals surface area contributed by atoms with Gasteiger partial charge in [0.25, 0.3) is 12.3 Å². The van der Waals surface area contributed by atoms with E-state index in [1.165, 1.54) is 12.1 Å². The predicted octanol–water partition coefficient (Wildman–Crippen LogP) is 6.06. The molecule has 0 radical (unpaired) electrons. The topological polar surface area (TPSA) is 67.0 Å². The van der Waals surface area contributed by atoms with Crippen molar-refractivity contribution in [3.8, 4) is 11.5 Å². The molecule has 152 valence electrons. The van der Waals surface area contributed by atoms with Crippen molar-refractivity contribution in [3.63, 3.8) is 0 Å². The number of hydrogen-bond acceptors (Lipinski definition) is 3. The van der Waals surface area contributed by atoms with Crippen LogP contribution in [0.2, 0.25) is 5.02 Å². The van der Waals surface area contributed by atoms with Gasteiger partial charge in [0.1, 0.15) is 11.4 Å². The molecule has 5 nitrogen and oxygen atoms in total. The number of H-pyrrole nitrogens is 1. The lowest BCUT2D eigenvalue weighted by Crippen LogP contribution is -2.14. The van der Waals surface area contributed by atoms with E-state index in [0.717, 1.165) is 18.3 Å². The second kappa shape index (κ2) is 8.08. The predicted molar refractivity (Wildman–Crippen MR) is 94.5 cm³/mol. The van der Waals surface area contributed by atoms with Crippen molar-refractivity contribution in [1.29, 1.82) is 0 Å². The Bertz CT molecular complexity index is 1040. The van der Waals surface area contributed by atoms with Gasteiger partial charge >= 0.3 is 6.18 Å². The van der Waals surface area contributed by atoms with Crippen LogP contribution in [-0.4, -0.2) is 16.1 Å². The zero-order valence-corrected chi connectivity index (χ0v) is 15.0. The highest BCUT2D eigenvalue weighted by Gasteiger charge is 2.31. The van der Waals surface area contributed by atoms with Gasteiger partial charge in [0.2, 0.25) is 0 Å². The molecule has 0 aliphatic carbocycles. The summed E-state index contributed by atoms with van der Waals surface area (Å²) in [5, 5.41) is 7.63. The summed E-state index contributed by atoms with van der Waals surface area (Å²) in [6.45, 7) is 0. The van der Waals surface area contributed by atoms with Crippen LogP contribution < -0.4 is 10.1 Å². The van der Waals surface area contributed by atoms with Gasteiger partial charge in [0.05, 0.1) is 21.8 Å². The minimum absolute atomic E-state index is 0.0459. The molecule has 2 aromatic carbocycles. The number of hydrogen-bond donors (Lipinski definition) is 2. The first-order valence-electron chi connectivity index (χ1n) is 7.93. The van der Waals surface area contributed by atoms with Gasteiger partial charge in [-0.15, -0.1) is 0 Å². The number of rotatable bonds is 5. The number of alkyl halides is 5. The van der Waals surface area contributed by atoms with E-state index < -0.39 is 29.8 Å². The Morgan fingerprint density at radius 3 is 2.52 bits per heavy atom. The second-order valence-corrected chi connectivity index (χ2v) is 6.09. The summed E-state index contributed by atoms with van der Waals surface area (Å²) < 4.78 is 69.6. The fraction of sp³-hybridized carbons (Fsp3) is 0.111. The molecule has 1 aromatic heterocycles. The maximum Gasteiger partial charge on any atom is 0.416 e. The number of ether oxygens (including phenoxy) is 1. The highest BCUT2D eigenvalue weighted by molar-refractivity contribution is 6.32. The summed E-state index contributed by atoms with van der Waals surface area (Å²) in [6, 6.07) is 8.47. The third-order valence-electron chi connectivity index (χ3n) is 3.74. The van der Waals surface area contributed by atoms with Gasteiger partial charge in [0.15, 0.2) is 5.75 Å². The number of para-hydroxylation sites is 2. The van der Waals surface area contributed by atoms with Crippen LogP contribution in [0.1, 0.15) is 28.0 Å². The minimum atomic E-state index is -4.57. The van der Waals surface area contributed by atoms with Gasteiger partial charge in [-0.2, -0.15) is 18.3 Å². The van der Waals surface area contributed by atoms with Crippen molar-refractivity contribution in [3.05, 3.63) is 70.5 Å². The molecular formula is C18H11ClF5N3O2. The van der Waals surface area contributed by atoms with Crippen LogP contribution in [-0.2, 0) is 6.18 Å². The van der Waals surface area contributed by atoms with Gasteiger partial charge in [-0.1, -0.05) is 23.7 Å². The molecule has 1 amide bonds. The maximum atomic E-state index is 12.9. The first-order chi connectivity index (χ1) is 13.7. The van der Waals surface area contributed by atoms with Gasteiger partial charge in [0, 0.05) is 6.20 Å². The molecule has 29 heavy (non-hydrogen) atoms. The van der Waals surface area contributed by atoms with Crippen molar-refractivity contribution in [2.45, 2.75) is 12.6 Å². The molecule has 0 spiro atoms. The van der Waals surface area contributed by atoms with E-state index in [9.17, 15) is 26.7 Å². The van der Waals surface area contributed by atoms with E-state index in [-0.39, 0.29) is 27.8 Å². The molecule has 11 heteroatoms. The first-order valence-corrected chi connectivity index (χ1v) is 8.31. The number of aromatic nitrogens is 2. The van der Waals surface area contributed by atoms with Crippen LogP contribution in [0.25, 0.3) is 0 Å². The highest BCUT2D eigenvalue weighted by Crippen LogP contribution is 2.38. The van der Waals surface area contributed by atoms with Crippen molar-refractivity contribution < 1.29 is 31.5 Å². The average molecular weight is 432 g/mol. The van der Waals surface area contributed by atoms with Crippen molar-refractivity contribution >= 4 is 23.2 Å². The minimum Gasteiger partial charge on any atom is -0.454 e. The number of anilines is 1. The highest BCUT2D eigenvalue weighted by atomic mass is 35.5. The van der Waals surface area contributed by atoms with Gasteiger partial charge < -0.3 is 10.1 Å². The number of benzene rings is 2. The second-order valence-electron chi connectivity index (χ2n) is 5.68. The standard InChI is InChI=1S/C18H11ClF5N3O2/c19-11-7-9(18(22,23)24)5-6-13(11)29-14-4-2-1-3-12(14)26-17(28)10-8-25-27-15(10)16(20)21/h1-8,16H,(H,25,27)(H,26,28). The molecular weight excluding hydrogens is 421 g/mol. The Morgan fingerprint density at radius 1 is 1.14 bits per heavy atom. The molecule has 0 fully saturated rings. The Kier molecular flexibility index (Phi) is 5.73. The number of aromatic amines is 1. The number of carbonyl (C=O) groups is 1. The fourth-order valence-electron chi connectivity index (χ4n) is 2.38. The molecule has 0 aliphatic heterocycles. The van der Waals surface area contributed by atoms with Crippen LogP contribution >= 0.6 is 11.6 Å². The number of amides is 1. The third-order valence-corrected chi connectivity index (χ3v) is 4.03. The normalized spacial score (nSPS) is 11.6. The SMILES string of the molecule is O=C(Nc1ccccc1Oc1ccc(C(F)(F)F)cc1Cl)c1c[nH]nc1C(F)F. The Morgan fingerprint density at radius 2 is 1.86 bits per heavy atom. The van der Waals surface area contributed by atoms with Crippen LogP contribution in [0.15, 0.2) is 48.7 Å². The molecule has 0 saturated carbocycles. The maximum absolute atomic E-state index is 12.9. The smallest absolute Gasteiger partial charge is 0.416 e. The van der Waals surface area contributed by atoms with Crippen LogP contribution in [0.4, 0.5) is 27.6 Å².